The van der Waals surface area contributed by atoms with E-state index in [-0.39, 0.29) is 12.0 Å². The normalized spacial score (nSPS) is 14.3. The monoisotopic (exact) mass is 248 g/mol. The number of hydrogen-bond acceptors (Lipinski definition) is 4. The zero-order chi connectivity index (χ0) is 13.0. The third-order valence-electron chi connectivity index (χ3n) is 2.55. The van der Waals surface area contributed by atoms with Crippen molar-refractivity contribution >= 4 is 17.7 Å². The number of amides is 2. The zero-order valence-electron chi connectivity index (χ0n) is 10.2. The van der Waals surface area contributed by atoms with Gasteiger partial charge in [0.25, 0.3) is 0 Å². The maximum Gasteiger partial charge on any atom is 0.328 e. The molecule has 1 aromatic rings. The lowest BCUT2D eigenvalue weighted by atomic mass is 10.3. The van der Waals surface area contributed by atoms with Gasteiger partial charge in [0.1, 0.15) is 5.75 Å². The molecule has 0 aromatic heterocycles. The van der Waals surface area contributed by atoms with E-state index >= 15 is 0 Å². The summed E-state index contributed by atoms with van der Waals surface area (Å²) in [6.07, 6.45) is 0. The second kappa shape index (κ2) is 5.39. The fraction of sp³-hybridized carbons (Fsp3) is 0.333. The quantitative estimate of drug-likeness (QED) is 0.844. The Bertz CT molecular complexity index is 473. The number of urea groups is 1. The lowest BCUT2D eigenvalue weighted by Crippen LogP contribution is -2.41. The first-order valence-corrected chi connectivity index (χ1v) is 5.82. The number of carbonyl (C=O) groups excluding carboxylic acids is 1. The summed E-state index contributed by atoms with van der Waals surface area (Å²) >= 11 is 0. The first-order chi connectivity index (χ1) is 8.72. The number of benzene rings is 1. The van der Waals surface area contributed by atoms with Gasteiger partial charge in [0.2, 0.25) is 0 Å². The van der Waals surface area contributed by atoms with Crippen molar-refractivity contribution in [2.75, 3.05) is 25.0 Å². The number of para-hydroxylation sites is 2. The summed E-state index contributed by atoms with van der Waals surface area (Å²) in [7, 11) is 0. The molecule has 0 saturated carbocycles. The molecule has 0 fully saturated rings. The lowest BCUT2D eigenvalue weighted by molar-refractivity contribution is 0.236. The highest BCUT2D eigenvalue weighted by atomic mass is 16.5. The lowest BCUT2D eigenvalue weighted by Gasteiger charge is -2.17. The molecule has 0 spiro atoms. The van der Waals surface area contributed by atoms with Crippen LogP contribution in [0.5, 0.6) is 5.75 Å². The van der Waals surface area contributed by atoms with E-state index in [1.165, 1.54) is 4.90 Å². The highest BCUT2D eigenvalue weighted by Crippen LogP contribution is 2.24. The first kappa shape index (κ1) is 12.2. The van der Waals surface area contributed by atoms with Gasteiger partial charge in [-0.1, -0.05) is 12.1 Å². The third kappa shape index (κ3) is 2.53. The van der Waals surface area contributed by atoms with Gasteiger partial charge in [0.15, 0.2) is 5.96 Å². The Morgan fingerprint density at radius 3 is 3.00 bits per heavy atom. The molecule has 2 rings (SSSR count). The fourth-order valence-electron chi connectivity index (χ4n) is 1.70. The molecule has 18 heavy (non-hydrogen) atoms. The standard InChI is InChI=1S/C12H16N4O2/c1-2-18-10-6-4-3-5-9(10)15-12(17)16-8-7-14-11(16)13/h3-6H,2,7-8H2,1H3,(H2,13,14)(H,15,17). The van der Waals surface area contributed by atoms with Crippen LogP contribution in [0.25, 0.3) is 0 Å². The summed E-state index contributed by atoms with van der Waals surface area (Å²) in [6, 6.07) is 6.99. The van der Waals surface area contributed by atoms with Crippen LogP contribution in [-0.4, -0.2) is 36.6 Å². The molecular formula is C12H16N4O2. The molecule has 1 aliphatic rings. The number of hydrogen-bond donors (Lipinski definition) is 2. The van der Waals surface area contributed by atoms with Crippen molar-refractivity contribution in [2.24, 2.45) is 10.7 Å². The van der Waals surface area contributed by atoms with E-state index in [1.807, 2.05) is 19.1 Å². The largest absolute Gasteiger partial charge is 0.492 e. The van der Waals surface area contributed by atoms with Crippen LogP contribution in [0, 0.1) is 0 Å². The summed E-state index contributed by atoms with van der Waals surface area (Å²) in [6.45, 7) is 3.49. The van der Waals surface area contributed by atoms with Gasteiger partial charge in [-0.15, -0.1) is 0 Å². The minimum absolute atomic E-state index is 0.251. The predicted octanol–water partition coefficient (Wildman–Crippen LogP) is 1.25. The van der Waals surface area contributed by atoms with E-state index in [2.05, 4.69) is 10.3 Å². The second-order valence-electron chi connectivity index (χ2n) is 3.75. The number of nitrogens with zero attached hydrogens (tertiary/aromatic N) is 2. The molecule has 2 amide bonds. The smallest absolute Gasteiger partial charge is 0.328 e. The van der Waals surface area contributed by atoms with Crippen LogP contribution in [0.4, 0.5) is 10.5 Å². The number of guanidine groups is 1. The molecule has 1 heterocycles. The minimum atomic E-state index is -0.291. The Labute approximate surface area is 105 Å². The van der Waals surface area contributed by atoms with Gasteiger partial charge in [-0.25, -0.2) is 4.79 Å². The van der Waals surface area contributed by atoms with Crippen LogP contribution < -0.4 is 15.8 Å². The molecular weight excluding hydrogens is 232 g/mol. The topological polar surface area (TPSA) is 80.0 Å². The van der Waals surface area contributed by atoms with Crippen LogP contribution in [0.2, 0.25) is 0 Å². The minimum Gasteiger partial charge on any atom is -0.492 e. The molecule has 0 radical (unpaired) electrons. The van der Waals surface area contributed by atoms with E-state index in [0.717, 1.165) is 0 Å². The van der Waals surface area contributed by atoms with E-state index in [1.54, 1.807) is 12.1 Å². The molecule has 3 N–H and O–H groups in total. The summed E-state index contributed by atoms with van der Waals surface area (Å²) < 4.78 is 5.43. The van der Waals surface area contributed by atoms with Gasteiger partial charge < -0.3 is 15.8 Å². The highest BCUT2D eigenvalue weighted by Gasteiger charge is 2.21. The summed E-state index contributed by atoms with van der Waals surface area (Å²) in [5.41, 5.74) is 6.24. The Hall–Kier alpha value is -2.24. The first-order valence-electron chi connectivity index (χ1n) is 5.82. The molecule has 0 atom stereocenters. The number of anilines is 1. The third-order valence-corrected chi connectivity index (χ3v) is 2.55. The van der Waals surface area contributed by atoms with Gasteiger partial charge in [-0.3, -0.25) is 9.89 Å². The van der Waals surface area contributed by atoms with E-state index in [4.69, 9.17) is 10.5 Å². The molecule has 0 saturated heterocycles. The molecule has 96 valence electrons. The van der Waals surface area contributed by atoms with E-state index < -0.39 is 0 Å². The molecule has 6 heteroatoms. The van der Waals surface area contributed by atoms with Crippen molar-refractivity contribution in [1.82, 2.24) is 4.90 Å². The maximum absolute atomic E-state index is 12.0. The van der Waals surface area contributed by atoms with Crippen molar-refractivity contribution < 1.29 is 9.53 Å². The van der Waals surface area contributed by atoms with E-state index in [9.17, 15) is 4.79 Å². The number of ether oxygens (including phenoxy) is 1. The predicted molar refractivity (Wildman–Crippen MR) is 69.8 cm³/mol. The van der Waals surface area contributed by atoms with Crippen molar-refractivity contribution in [1.29, 1.82) is 0 Å². The summed E-state index contributed by atoms with van der Waals surface area (Å²) in [5.74, 6) is 0.893. The molecule has 0 unspecified atom stereocenters. The second-order valence-corrected chi connectivity index (χ2v) is 3.75. The average Bonchev–Trinajstić information content (AvgIpc) is 2.78. The highest BCUT2D eigenvalue weighted by molar-refractivity contribution is 6.03. The SMILES string of the molecule is CCOc1ccccc1NC(=O)N1CCN=C1N. The van der Waals surface area contributed by atoms with Gasteiger partial charge in [0, 0.05) is 0 Å². The van der Waals surface area contributed by atoms with E-state index in [0.29, 0.717) is 31.1 Å². The van der Waals surface area contributed by atoms with Gasteiger partial charge in [0.05, 0.1) is 25.4 Å². The molecule has 0 aliphatic carbocycles. The number of nitrogens with one attached hydrogen (secondary N) is 1. The van der Waals surface area contributed by atoms with Crippen LogP contribution >= 0.6 is 0 Å². The van der Waals surface area contributed by atoms with Crippen LogP contribution in [0.15, 0.2) is 29.3 Å². The number of rotatable bonds is 3. The van der Waals surface area contributed by atoms with Gasteiger partial charge in [-0.05, 0) is 19.1 Å². The zero-order valence-corrected chi connectivity index (χ0v) is 10.2. The van der Waals surface area contributed by atoms with Crippen molar-refractivity contribution in [3.05, 3.63) is 24.3 Å². The van der Waals surface area contributed by atoms with Crippen molar-refractivity contribution in [3.8, 4) is 5.75 Å². The Balaban J connectivity index is 2.09. The Kier molecular flexibility index (Phi) is 3.66. The number of carbonyl (C=O) groups is 1. The Morgan fingerprint density at radius 1 is 1.56 bits per heavy atom. The number of aliphatic imine (C=N–C) groups is 1. The average molecular weight is 248 g/mol. The van der Waals surface area contributed by atoms with Crippen LogP contribution in [0.3, 0.4) is 0 Å². The van der Waals surface area contributed by atoms with Gasteiger partial charge >= 0.3 is 6.03 Å². The molecule has 6 nitrogen and oxygen atoms in total. The maximum atomic E-state index is 12.0. The molecule has 1 aromatic carbocycles. The number of nitrogens with two attached hydrogens (primary N) is 1. The summed E-state index contributed by atoms with van der Waals surface area (Å²) in [4.78, 5) is 17.4. The van der Waals surface area contributed by atoms with Crippen molar-refractivity contribution in [2.45, 2.75) is 6.92 Å². The Morgan fingerprint density at radius 2 is 2.33 bits per heavy atom. The van der Waals surface area contributed by atoms with Crippen LogP contribution in [0.1, 0.15) is 6.92 Å². The van der Waals surface area contributed by atoms with Crippen molar-refractivity contribution in [3.63, 3.8) is 0 Å². The molecule has 1 aliphatic heterocycles. The molecule has 0 bridgehead atoms. The van der Waals surface area contributed by atoms with Gasteiger partial charge in [-0.2, -0.15) is 0 Å². The van der Waals surface area contributed by atoms with Crippen LogP contribution in [-0.2, 0) is 0 Å². The summed E-state index contributed by atoms with van der Waals surface area (Å²) in [5, 5.41) is 2.77. The fourth-order valence-corrected chi connectivity index (χ4v) is 1.70.